The molecule has 0 saturated carbocycles. The first-order valence-electron chi connectivity index (χ1n) is 5.90. The molecule has 3 aromatic rings. The van der Waals surface area contributed by atoms with Gasteiger partial charge in [0.05, 0.1) is 16.6 Å². The van der Waals surface area contributed by atoms with Crippen LogP contribution in [0.3, 0.4) is 0 Å². The Hall–Kier alpha value is -2.60. The monoisotopic (exact) mass is 306 g/mol. The minimum atomic E-state index is -0.750. The molecule has 0 aliphatic rings. The Morgan fingerprint density at radius 3 is 2.62 bits per heavy atom. The Labute approximate surface area is 121 Å². The SMILES string of the molecule is O=c1[nH]c(=O)n(-c2cc(O)cc(F)c2)c2cc(Cl)ccc12. The van der Waals surface area contributed by atoms with E-state index in [1.165, 1.54) is 24.3 Å². The van der Waals surface area contributed by atoms with Crippen LogP contribution in [0.25, 0.3) is 16.6 Å². The van der Waals surface area contributed by atoms with E-state index in [9.17, 15) is 19.1 Å². The van der Waals surface area contributed by atoms with E-state index < -0.39 is 17.1 Å². The fourth-order valence-electron chi connectivity index (χ4n) is 2.16. The van der Waals surface area contributed by atoms with Gasteiger partial charge < -0.3 is 5.11 Å². The van der Waals surface area contributed by atoms with Crippen LogP contribution in [0.15, 0.2) is 46.0 Å². The first-order chi connectivity index (χ1) is 9.95. The van der Waals surface area contributed by atoms with Gasteiger partial charge in [-0.1, -0.05) is 11.6 Å². The van der Waals surface area contributed by atoms with Crippen molar-refractivity contribution in [3.05, 3.63) is 68.1 Å². The first kappa shape index (κ1) is 13.4. The highest BCUT2D eigenvalue weighted by Crippen LogP contribution is 2.21. The van der Waals surface area contributed by atoms with Gasteiger partial charge in [-0.05, 0) is 24.3 Å². The van der Waals surface area contributed by atoms with Gasteiger partial charge in [0.15, 0.2) is 0 Å². The summed E-state index contributed by atoms with van der Waals surface area (Å²) >= 11 is 5.89. The molecule has 0 aliphatic heterocycles. The minimum Gasteiger partial charge on any atom is -0.508 e. The highest BCUT2D eigenvalue weighted by molar-refractivity contribution is 6.31. The first-order valence-corrected chi connectivity index (χ1v) is 6.28. The fraction of sp³-hybridized carbons (Fsp3) is 0. The molecule has 0 atom stereocenters. The third kappa shape index (κ3) is 2.30. The number of rotatable bonds is 1. The second-order valence-electron chi connectivity index (χ2n) is 4.42. The maximum atomic E-state index is 13.4. The molecule has 1 heterocycles. The highest BCUT2D eigenvalue weighted by Gasteiger charge is 2.11. The number of H-pyrrole nitrogens is 1. The van der Waals surface area contributed by atoms with Crippen molar-refractivity contribution in [3.63, 3.8) is 0 Å². The van der Waals surface area contributed by atoms with Crippen molar-refractivity contribution in [2.24, 2.45) is 0 Å². The number of aromatic nitrogens is 2. The average molecular weight is 307 g/mol. The van der Waals surface area contributed by atoms with Crippen LogP contribution in [0.2, 0.25) is 5.02 Å². The van der Waals surface area contributed by atoms with Gasteiger partial charge in [-0.25, -0.2) is 9.18 Å². The Kier molecular flexibility index (Phi) is 3.03. The lowest BCUT2D eigenvalue weighted by Gasteiger charge is -2.10. The standard InChI is InChI=1S/C14H8ClFN2O3/c15-7-1-2-11-12(3-7)18(14(21)17-13(11)20)9-4-8(16)5-10(19)6-9/h1-6,19H,(H,17,20,21). The normalized spacial score (nSPS) is 11.0. The Bertz CT molecular complexity index is 958. The highest BCUT2D eigenvalue weighted by atomic mass is 35.5. The predicted octanol–water partition coefficient (Wildman–Crippen LogP) is 2.18. The van der Waals surface area contributed by atoms with E-state index in [1.807, 2.05) is 0 Å². The lowest BCUT2D eigenvalue weighted by molar-refractivity contribution is 0.468. The summed E-state index contributed by atoms with van der Waals surface area (Å²) in [5.41, 5.74) is -1.01. The number of nitrogens with zero attached hydrogens (tertiary/aromatic N) is 1. The molecule has 7 heteroatoms. The third-order valence-corrected chi connectivity index (χ3v) is 3.23. The molecule has 0 saturated heterocycles. The van der Waals surface area contributed by atoms with Gasteiger partial charge in [0.1, 0.15) is 11.6 Å². The van der Waals surface area contributed by atoms with Crippen molar-refractivity contribution in [2.75, 3.05) is 0 Å². The molecule has 0 aliphatic carbocycles. The van der Waals surface area contributed by atoms with E-state index in [-0.39, 0.29) is 22.3 Å². The number of aromatic amines is 1. The zero-order valence-electron chi connectivity index (χ0n) is 10.4. The molecular formula is C14H8ClFN2O3. The van der Waals surface area contributed by atoms with Gasteiger partial charge in [0.25, 0.3) is 5.56 Å². The molecule has 21 heavy (non-hydrogen) atoms. The van der Waals surface area contributed by atoms with Gasteiger partial charge in [0, 0.05) is 17.2 Å². The number of phenolic OH excluding ortho intramolecular Hbond substituents is 1. The molecule has 0 unspecified atom stereocenters. The number of benzene rings is 2. The van der Waals surface area contributed by atoms with Gasteiger partial charge >= 0.3 is 5.69 Å². The zero-order chi connectivity index (χ0) is 15.1. The Balaban J connectivity index is 2.49. The number of hydrogen-bond donors (Lipinski definition) is 2. The summed E-state index contributed by atoms with van der Waals surface area (Å²) in [4.78, 5) is 26.0. The van der Waals surface area contributed by atoms with Crippen LogP contribution in [0, 0.1) is 5.82 Å². The largest absolute Gasteiger partial charge is 0.508 e. The average Bonchev–Trinajstić information content (AvgIpc) is 2.36. The van der Waals surface area contributed by atoms with Crippen LogP contribution in [-0.4, -0.2) is 14.7 Å². The molecule has 0 amide bonds. The number of aromatic hydroxyl groups is 1. The summed E-state index contributed by atoms with van der Waals surface area (Å²) in [5.74, 6) is -1.04. The second-order valence-corrected chi connectivity index (χ2v) is 4.86. The van der Waals surface area contributed by atoms with Gasteiger partial charge in [0.2, 0.25) is 0 Å². The fourth-order valence-corrected chi connectivity index (χ4v) is 2.32. The smallest absolute Gasteiger partial charge is 0.333 e. The Morgan fingerprint density at radius 1 is 1.14 bits per heavy atom. The number of fused-ring (bicyclic) bond motifs is 1. The van der Waals surface area contributed by atoms with E-state index >= 15 is 0 Å². The molecule has 0 bridgehead atoms. The van der Waals surface area contributed by atoms with Crippen molar-refractivity contribution in [3.8, 4) is 11.4 Å². The molecule has 0 spiro atoms. The van der Waals surface area contributed by atoms with E-state index in [1.54, 1.807) is 0 Å². The predicted molar refractivity (Wildman–Crippen MR) is 76.8 cm³/mol. The Morgan fingerprint density at radius 2 is 1.90 bits per heavy atom. The molecule has 5 nitrogen and oxygen atoms in total. The van der Waals surface area contributed by atoms with Crippen molar-refractivity contribution >= 4 is 22.5 Å². The quantitative estimate of drug-likeness (QED) is 0.723. The summed E-state index contributed by atoms with van der Waals surface area (Å²) in [5, 5.41) is 10.0. The summed E-state index contributed by atoms with van der Waals surface area (Å²) in [6.07, 6.45) is 0. The zero-order valence-corrected chi connectivity index (χ0v) is 11.2. The summed E-state index contributed by atoms with van der Waals surface area (Å²) in [6, 6.07) is 7.59. The molecule has 0 fully saturated rings. The molecule has 2 aromatic carbocycles. The molecule has 1 aromatic heterocycles. The third-order valence-electron chi connectivity index (χ3n) is 2.99. The van der Waals surface area contributed by atoms with Gasteiger partial charge in [-0.15, -0.1) is 0 Å². The van der Waals surface area contributed by atoms with Crippen molar-refractivity contribution in [2.45, 2.75) is 0 Å². The van der Waals surface area contributed by atoms with Crippen LogP contribution in [-0.2, 0) is 0 Å². The van der Waals surface area contributed by atoms with Crippen LogP contribution >= 0.6 is 11.6 Å². The second kappa shape index (κ2) is 4.75. The van der Waals surface area contributed by atoms with E-state index in [0.29, 0.717) is 5.02 Å². The molecule has 0 radical (unpaired) electrons. The summed E-state index contributed by atoms with van der Waals surface area (Å²) in [6.45, 7) is 0. The minimum absolute atomic E-state index is 0.0843. The van der Waals surface area contributed by atoms with E-state index in [2.05, 4.69) is 4.98 Å². The maximum absolute atomic E-state index is 13.4. The van der Waals surface area contributed by atoms with Crippen molar-refractivity contribution in [1.29, 1.82) is 0 Å². The van der Waals surface area contributed by atoms with Crippen molar-refractivity contribution in [1.82, 2.24) is 9.55 Å². The summed E-state index contributed by atoms with van der Waals surface area (Å²) < 4.78 is 14.5. The summed E-state index contributed by atoms with van der Waals surface area (Å²) in [7, 11) is 0. The van der Waals surface area contributed by atoms with Crippen LogP contribution < -0.4 is 11.2 Å². The number of halogens is 2. The van der Waals surface area contributed by atoms with Crippen molar-refractivity contribution < 1.29 is 9.50 Å². The van der Waals surface area contributed by atoms with Gasteiger partial charge in [-0.3, -0.25) is 14.3 Å². The number of nitrogens with one attached hydrogen (secondary N) is 1. The van der Waals surface area contributed by atoms with Gasteiger partial charge in [-0.2, -0.15) is 0 Å². The van der Waals surface area contributed by atoms with Crippen LogP contribution in [0.5, 0.6) is 5.75 Å². The molecule has 106 valence electrons. The van der Waals surface area contributed by atoms with Crippen LogP contribution in [0.4, 0.5) is 4.39 Å². The molecule has 2 N–H and O–H groups in total. The number of phenols is 1. The molecule has 3 rings (SSSR count). The maximum Gasteiger partial charge on any atom is 0.333 e. The lowest BCUT2D eigenvalue weighted by atomic mass is 10.2. The van der Waals surface area contributed by atoms with E-state index in [0.717, 1.165) is 16.7 Å². The topological polar surface area (TPSA) is 75.1 Å². The van der Waals surface area contributed by atoms with E-state index in [4.69, 9.17) is 11.6 Å². The lowest BCUT2D eigenvalue weighted by Crippen LogP contribution is -2.29. The molecular weight excluding hydrogens is 299 g/mol. The number of hydrogen-bond acceptors (Lipinski definition) is 3. The van der Waals surface area contributed by atoms with Crippen LogP contribution in [0.1, 0.15) is 0 Å².